The summed E-state index contributed by atoms with van der Waals surface area (Å²) in [5, 5.41) is 13.9. The molecule has 1 aromatic rings. The van der Waals surface area contributed by atoms with Crippen LogP contribution in [0.3, 0.4) is 0 Å². The number of nitrogens with two attached hydrogens (primary N) is 1. The van der Waals surface area contributed by atoms with Crippen LogP contribution in [0.1, 0.15) is 17.3 Å². The number of anilines is 1. The third-order valence-electron chi connectivity index (χ3n) is 2.18. The van der Waals surface area contributed by atoms with E-state index in [1.165, 1.54) is 0 Å². The first kappa shape index (κ1) is 14.0. The maximum atomic E-state index is 11.6. The SMILES string of the molecule is C[C@@H](O)CNC(=O)CNC(=O)c1ccc(N)cc1. The summed E-state index contributed by atoms with van der Waals surface area (Å²) >= 11 is 0. The van der Waals surface area contributed by atoms with E-state index in [-0.39, 0.29) is 24.9 Å². The third kappa shape index (κ3) is 4.84. The molecule has 0 unspecified atom stereocenters. The predicted octanol–water partition coefficient (Wildman–Crippen LogP) is -0.504. The zero-order chi connectivity index (χ0) is 13.5. The molecule has 0 heterocycles. The Morgan fingerprint density at radius 2 is 1.89 bits per heavy atom. The molecular weight excluding hydrogens is 234 g/mol. The number of amides is 2. The highest BCUT2D eigenvalue weighted by Gasteiger charge is 2.07. The van der Waals surface area contributed by atoms with Crippen molar-refractivity contribution in [2.75, 3.05) is 18.8 Å². The van der Waals surface area contributed by atoms with Crippen LogP contribution in [-0.2, 0) is 4.79 Å². The average Bonchev–Trinajstić information content (AvgIpc) is 2.34. The van der Waals surface area contributed by atoms with Crippen molar-refractivity contribution in [3.05, 3.63) is 29.8 Å². The average molecular weight is 251 g/mol. The lowest BCUT2D eigenvalue weighted by molar-refractivity contribution is -0.120. The van der Waals surface area contributed by atoms with Gasteiger partial charge in [-0.05, 0) is 31.2 Å². The Morgan fingerprint density at radius 3 is 2.44 bits per heavy atom. The molecule has 0 radical (unpaired) electrons. The Hall–Kier alpha value is -2.08. The van der Waals surface area contributed by atoms with Gasteiger partial charge in [-0.15, -0.1) is 0 Å². The second-order valence-corrected chi connectivity index (χ2v) is 3.96. The number of nitrogens with one attached hydrogen (secondary N) is 2. The predicted molar refractivity (Wildman–Crippen MR) is 67.9 cm³/mol. The maximum absolute atomic E-state index is 11.6. The molecule has 0 saturated carbocycles. The van der Waals surface area contributed by atoms with Crippen LogP contribution in [0.5, 0.6) is 0 Å². The van der Waals surface area contributed by atoms with E-state index in [2.05, 4.69) is 10.6 Å². The second-order valence-electron chi connectivity index (χ2n) is 3.96. The molecule has 0 bridgehead atoms. The Labute approximate surface area is 105 Å². The summed E-state index contributed by atoms with van der Waals surface area (Å²) < 4.78 is 0. The van der Waals surface area contributed by atoms with Crippen molar-refractivity contribution >= 4 is 17.5 Å². The molecule has 0 fully saturated rings. The van der Waals surface area contributed by atoms with E-state index < -0.39 is 6.10 Å². The van der Waals surface area contributed by atoms with E-state index in [1.54, 1.807) is 31.2 Å². The van der Waals surface area contributed by atoms with Crippen molar-refractivity contribution in [1.29, 1.82) is 0 Å². The molecule has 98 valence electrons. The van der Waals surface area contributed by atoms with Crippen molar-refractivity contribution in [3.63, 3.8) is 0 Å². The number of carbonyl (C=O) groups is 2. The topological polar surface area (TPSA) is 104 Å². The zero-order valence-electron chi connectivity index (χ0n) is 10.1. The molecule has 18 heavy (non-hydrogen) atoms. The lowest BCUT2D eigenvalue weighted by atomic mass is 10.2. The van der Waals surface area contributed by atoms with Crippen molar-refractivity contribution in [1.82, 2.24) is 10.6 Å². The molecule has 6 heteroatoms. The summed E-state index contributed by atoms with van der Waals surface area (Å²) in [5.41, 5.74) is 6.51. The summed E-state index contributed by atoms with van der Waals surface area (Å²) in [4.78, 5) is 22.9. The Bertz CT molecular complexity index is 415. The highest BCUT2D eigenvalue weighted by atomic mass is 16.3. The zero-order valence-corrected chi connectivity index (χ0v) is 10.1. The first-order valence-corrected chi connectivity index (χ1v) is 5.57. The fourth-order valence-electron chi connectivity index (χ4n) is 1.22. The number of benzene rings is 1. The van der Waals surface area contributed by atoms with Gasteiger partial charge in [0.25, 0.3) is 5.91 Å². The molecular formula is C12H17N3O3. The summed E-state index contributed by atoms with van der Waals surface area (Å²) in [6.07, 6.45) is -0.609. The molecule has 0 aliphatic rings. The van der Waals surface area contributed by atoms with Crippen LogP contribution >= 0.6 is 0 Å². The molecule has 2 amide bonds. The van der Waals surface area contributed by atoms with Crippen molar-refractivity contribution in [2.24, 2.45) is 0 Å². The Morgan fingerprint density at radius 1 is 1.28 bits per heavy atom. The standard InChI is InChI=1S/C12H17N3O3/c1-8(16)6-14-11(17)7-15-12(18)9-2-4-10(13)5-3-9/h2-5,8,16H,6-7,13H2,1H3,(H,14,17)(H,15,18)/t8-/m1/s1. The van der Waals surface area contributed by atoms with Crippen molar-refractivity contribution < 1.29 is 14.7 Å². The van der Waals surface area contributed by atoms with E-state index in [1.807, 2.05) is 0 Å². The van der Waals surface area contributed by atoms with Gasteiger partial charge in [-0.1, -0.05) is 0 Å². The second kappa shape index (κ2) is 6.61. The van der Waals surface area contributed by atoms with Crippen LogP contribution < -0.4 is 16.4 Å². The summed E-state index contributed by atoms with van der Waals surface area (Å²) in [5.74, 6) is -0.693. The molecule has 0 saturated heterocycles. The van der Waals surface area contributed by atoms with Crippen LogP contribution in [0.25, 0.3) is 0 Å². The van der Waals surface area contributed by atoms with Gasteiger partial charge in [-0.25, -0.2) is 0 Å². The largest absolute Gasteiger partial charge is 0.399 e. The molecule has 1 aromatic carbocycles. The van der Waals surface area contributed by atoms with Crippen molar-refractivity contribution in [2.45, 2.75) is 13.0 Å². The minimum absolute atomic E-state index is 0.129. The molecule has 0 aliphatic carbocycles. The lowest BCUT2D eigenvalue weighted by Gasteiger charge is -2.08. The highest BCUT2D eigenvalue weighted by molar-refractivity contribution is 5.96. The van der Waals surface area contributed by atoms with Crippen LogP contribution in [0.4, 0.5) is 5.69 Å². The molecule has 0 aliphatic heterocycles. The first-order valence-electron chi connectivity index (χ1n) is 5.57. The van der Waals surface area contributed by atoms with Crippen LogP contribution in [0, 0.1) is 0 Å². The monoisotopic (exact) mass is 251 g/mol. The number of hydrogen-bond acceptors (Lipinski definition) is 4. The van der Waals surface area contributed by atoms with Gasteiger partial charge in [0.2, 0.25) is 5.91 Å². The smallest absolute Gasteiger partial charge is 0.251 e. The molecule has 6 nitrogen and oxygen atoms in total. The van der Waals surface area contributed by atoms with Gasteiger partial charge in [-0.3, -0.25) is 9.59 Å². The Balaban J connectivity index is 2.37. The van der Waals surface area contributed by atoms with Gasteiger partial charge >= 0.3 is 0 Å². The van der Waals surface area contributed by atoms with Crippen LogP contribution in [0.15, 0.2) is 24.3 Å². The van der Waals surface area contributed by atoms with E-state index in [0.717, 1.165) is 0 Å². The lowest BCUT2D eigenvalue weighted by Crippen LogP contribution is -2.39. The van der Waals surface area contributed by atoms with Crippen LogP contribution in [-0.4, -0.2) is 36.1 Å². The number of carbonyl (C=O) groups excluding carboxylic acids is 2. The number of nitrogen functional groups attached to an aromatic ring is 1. The highest BCUT2D eigenvalue weighted by Crippen LogP contribution is 2.04. The van der Waals surface area contributed by atoms with Crippen molar-refractivity contribution in [3.8, 4) is 0 Å². The van der Waals surface area contributed by atoms with E-state index >= 15 is 0 Å². The molecule has 1 atom stereocenters. The van der Waals surface area contributed by atoms with Gasteiger partial charge in [0.1, 0.15) is 0 Å². The quantitative estimate of drug-likeness (QED) is 0.529. The van der Waals surface area contributed by atoms with Gasteiger partial charge < -0.3 is 21.5 Å². The minimum atomic E-state index is -0.609. The molecule has 1 rings (SSSR count). The number of rotatable bonds is 5. The van der Waals surface area contributed by atoms with E-state index in [0.29, 0.717) is 11.3 Å². The summed E-state index contributed by atoms with van der Waals surface area (Å²) in [6.45, 7) is 1.60. The Kier molecular flexibility index (Phi) is 5.13. The number of aliphatic hydroxyl groups is 1. The maximum Gasteiger partial charge on any atom is 0.251 e. The summed E-state index contributed by atoms with van der Waals surface area (Å²) in [6, 6.07) is 6.39. The number of aliphatic hydroxyl groups excluding tert-OH is 1. The van der Waals surface area contributed by atoms with Gasteiger partial charge in [0, 0.05) is 17.8 Å². The normalized spacial score (nSPS) is 11.7. The molecule has 0 spiro atoms. The van der Waals surface area contributed by atoms with E-state index in [4.69, 9.17) is 10.8 Å². The molecule has 5 N–H and O–H groups in total. The van der Waals surface area contributed by atoms with Gasteiger partial charge in [0.15, 0.2) is 0 Å². The van der Waals surface area contributed by atoms with Crippen LogP contribution in [0.2, 0.25) is 0 Å². The minimum Gasteiger partial charge on any atom is -0.399 e. The fourth-order valence-corrected chi connectivity index (χ4v) is 1.22. The summed E-state index contributed by atoms with van der Waals surface area (Å²) in [7, 11) is 0. The number of hydrogen-bond donors (Lipinski definition) is 4. The first-order chi connectivity index (χ1) is 8.49. The third-order valence-corrected chi connectivity index (χ3v) is 2.18. The van der Waals surface area contributed by atoms with Gasteiger partial charge in [-0.2, -0.15) is 0 Å². The fraction of sp³-hybridized carbons (Fsp3) is 0.333. The molecule has 0 aromatic heterocycles. The van der Waals surface area contributed by atoms with E-state index in [9.17, 15) is 9.59 Å². The van der Waals surface area contributed by atoms with Gasteiger partial charge in [0.05, 0.1) is 12.6 Å².